The van der Waals surface area contributed by atoms with Gasteiger partial charge in [0.05, 0.1) is 0 Å². The molecule has 9 aromatic carbocycles. The van der Waals surface area contributed by atoms with Gasteiger partial charge in [0.1, 0.15) is 0 Å². The van der Waals surface area contributed by atoms with E-state index in [1.165, 1.54) is 47.3 Å². The molecule has 0 saturated heterocycles. The minimum Gasteiger partial charge on any atom is -0.208 e. The van der Waals surface area contributed by atoms with Gasteiger partial charge in [-0.1, -0.05) is 164 Å². The molecule has 0 bridgehead atoms. The number of hydrogen-bond acceptors (Lipinski definition) is 4. The topological polar surface area (TPSA) is 38.7 Å². The molecule has 4 heteroatoms. The average molecular weight is 718 g/mol. The molecule has 0 N–H and O–H groups in total. The molecule has 2 heterocycles. The van der Waals surface area contributed by atoms with Gasteiger partial charge in [0.25, 0.3) is 0 Å². The summed E-state index contributed by atoms with van der Waals surface area (Å²) in [6, 6.07) is 67.0. The lowest BCUT2D eigenvalue weighted by Gasteiger charge is -2.15. The third-order valence-corrected chi connectivity index (χ3v) is 11.9. The van der Waals surface area contributed by atoms with Crippen LogP contribution in [-0.2, 0) is 0 Å². The predicted molar refractivity (Wildman–Crippen MR) is 232 cm³/mol. The van der Waals surface area contributed by atoms with Gasteiger partial charge >= 0.3 is 0 Å². The summed E-state index contributed by atoms with van der Waals surface area (Å²) in [5, 5.41) is 9.56. The van der Waals surface area contributed by atoms with Crippen molar-refractivity contribution in [2.75, 3.05) is 0 Å². The van der Waals surface area contributed by atoms with Crippen LogP contribution >= 0.6 is 11.3 Å². The number of thiophene rings is 1. The summed E-state index contributed by atoms with van der Waals surface area (Å²) >= 11 is 1.79. The minimum absolute atomic E-state index is 0.639. The van der Waals surface area contributed by atoms with Crippen molar-refractivity contribution in [2.45, 2.75) is 0 Å². The van der Waals surface area contributed by atoms with E-state index in [4.69, 9.17) is 15.0 Å². The molecular formula is C51H31N3S. The monoisotopic (exact) mass is 717 g/mol. The zero-order chi connectivity index (χ0) is 36.3. The van der Waals surface area contributed by atoms with Crippen molar-refractivity contribution < 1.29 is 0 Å². The molecule has 0 aliphatic rings. The lowest BCUT2D eigenvalue weighted by Crippen LogP contribution is -2.02. The van der Waals surface area contributed by atoms with Crippen LogP contribution in [-0.4, -0.2) is 15.0 Å². The SMILES string of the molecule is c1ccc2cc(-c3ccc(-c4nc(-c5c(-c6ccc7ccccc7c6)ccc6ccccc56)nc(-c5cccc6c5sc5ccccc56)n4)cc3)ccc2c1. The van der Waals surface area contributed by atoms with Crippen LogP contribution in [0.1, 0.15) is 0 Å². The second kappa shape index (κ2) is 12.8. The molecule has 0 atom stereocenters. The maximum absolute atomic E-state index is 5.40. The molecule has 256 valence electrons. The summed E-state index contributed by atoms with van der Waals surface area (Å²) < 4.78 is 2.42. The Bertz CT molecular complexity index is 3270. The largest absolute Gasteiger partial charge is 0.208 e. The molecule has 55 heavy (non-hydrogen) atoms. The van der Waals surface area contributed by atoms with Gasteiger partial charge in [0.2, 0.25) is 0 Å². The van der Waals surface area contributed by atoms with Crippen molar-refractivity contribution >= 4 is 63.8 Å². The molecule has 11 rings (SSSR count). The number of aromatic nitrogens is 3. The van der Waals surface area contributed by atoms with Crippen LogP contribution in [0.15, 0.2) is 188 Å². The number of benzene rings is 9. The van der Waals surface area contributed by atoms with Gasteiger partial charge in [-0.15, -0.1) is 11.3 Å². The van der Waals surface area contributed by atoms with Crippen LogP contribution in [0.4, 0.5) is 0 Å². The minimum atomic E-state index is 0.639. The maximum atomic E-state index is 5.40. The number of fused-ring (bicyclic) bond motifs is 6. The van der Waals surface area contributed by atoms with Crippen molar-refractivity contribution in [3.05, 3.63) is 188 Å². The number of nitrogens with zero attached hydrogens (tertiary/aromatic N) is 3. The van der Waals surface area contributed by atoms with Gasteiger partial charge in [-0.25, -0.2) is 15.0 Å². The summed E-state index contributed by atoms with van der Waals surface area (Å²) in [7, 11) is 0. The van der Waals surface area contributed by atoms with Gasteiger partial charge in [-0.05, 0) is 78.8 Å². The first-order chi connectivity index (χ1) is 27.2. The molecule has 3 nitrogen and oxygen atoms in total. The Hall–Kier alpha value is -7.01. The summed E-state index contributed by atoms with van der Waals surface area (Å²) in [5.74, 6) is 1.95. The second-order valence-corrected chi connectivity index (χ2v) is 15.0. The van der Waals surface area contributed by atoms with E-state index in [0.717, 1.165) is 44.2 Å². The summed E-state index contributed by atoms with van der Waals surface area (Å²) in [6.07, 6.45) is 0. The highest BCUT2D eigenvalue weighted by Crippen LogP contribution is 2.42. The third kappa shape index (κ3) is 5.46. The quantitative estimate of drug-likeness (QED) is 0.178. The predicted octanol–water partition coefficient (Wildman–Crippen LogP) is 14.0. The Morgan fingerprint density at radius 3 is 1.64 bits per heavy atom. The zero-order valence-electron chi connectivity index (χ0n) is 29.6. The zero-order valence-corrected chi connectivity index (χ0v) is 30.5. The molecule has 2 aromatic heterocycles. The molecule has 0 spiro atoms. The van der Waals surface area contributed by atoms with E-state index in [1.54, 1.807) is 11.3 Å². The van der Waals surface area contributed by atoms with E-state index in [2.05, 4.69) is 188 Å². The molecule has 0 unspecified atom stereocenters. The lowest BCUT2D eigenvalue weighted by atomic mass is 9.92. The van der Waals surface area contributed by atoms with E-state index in [1.807, 2.05) is 0 Å². The van der Waals surface area contributed by atoms with Crippen LogP contribution in [0.5, 0.6) is 0 Å². The standard InChI is InChI=1S/C51H31N3S/c1-3-13-37-30-39(26-22-32(37)10-1)34-20-24-36(25-21-34)49-52-50(45-18-9-17-44-43-16-7-8-19-46(43)55-48(44)45)54-51(53-49)47-41-15-6-5-12-35(41)28-29-42(47)40-27-23-33-11-2-4-14-38(33)31-40/h1-31H. The van der Waals surface area contributed by atoms with Crippen molar-refractivity contribution in [1.29, 1.82) is 0 Å². The van der Waals surface area contributed by atoms with Crippen LogP contribution in [0.25, 0.3) is 109 Å². The van der Waals surface area contributed by atoms with Crippen molar-refractivity contribution in [3.63, 3.8) is 0 Å². The molecule has 0 radical (unpaired) electrons. The van der Waals surface area contributed by atoms with Crippen LogP contribution in [0.3, 0.4) is 0 Å². The van der Waals surface area contributed by atoms with Crippen molar-refractivity contribution in [1.82, 2.24) is 15.0 Å². The Morgan fingerprint density at radius 1 is 0.309 bits per heavy atom. The maximum Gasteiger partial charge on any atom is 0.165 e. The van der Waals surface area contributed by atoms with E-state index < -0.39 is 0 Å². The van der Waals surface area contributed by atoms with Crippen molar-refractivity contribution in [2.24, 2.45) is 0 Å². The first-order valence-corrected chi connectivity index (χ1v) is 19.3. The summed E-state index contributed by atoms with van der Waals surface area (Å²) in [5.41, 5.74) is 7.46. The molecule has 0 aliphatic heterocycles. The van der Waals surface area contributed by atoms with E-state index in [-0.39, 0.29) is 0 Å². The van der Waals surface area contributed by atoms with Gasteiger partial charge in [-0.2, -0.15) is 0 Å². The molecule has 0 aliphatic carbocycles. The summed E-state index contributed by atoms with van der Waals surface area (Å²) in [4.78, 5) is 16.0. The first-order valence-electron chi connectivity index (χ1n) is 18.5. The fourth-order valence-electron chi connectivity index (χ4n) is 7.95. The van der Waals surface area contributed by atoms with Gasteiger partial charge in [0.15, 0.2) is 17.5 Å². The third-order valence-electron chi connectivity index (χ3n) is 10.7. The number of hydrogen-bond donors (Lipinski definition) is 0. The molecule has 0 saturated carbocycles. The van der Waals surface area contributed by atoms with E-state index >= 15 is 0 Å². The molecular weight excluding hydrogens is 687 g/mol. The Morgan fingerprint density at radius 2 is 0.855 bits per heavy atom. The van der Waals surface area contributed by atoms with Crippen LogP contribution in [0, 0.1) is 0 Å². The second-order valence-electron chi connectivity index (χ2n) is 14.0. The highest BCUT2D eigenvalue weighted by Gasteiger charge is 2.20. The van der Waals surface area contributed by atoms with Gasteiger partial charge in [-0.3, -0.25) is 0 Å². The Balaban J connectivity index is 1.14. The molecule has 0 fully saturated rings. The van der Waals surface area contributed by atoms with Crippen LogP contribution < -0.4 is 0 Å². The van der Waals surface area contributed by atoms with Crippen molar-refractivity contribution in [3.8, 4) is 56.4 Å². The van der Waals surface area contributed by atoms with Gasteiger partial charge in [0, 0.05) is 36.9 Å². The smallest absolute Gasteiger partial charge is 0.165 e. The normalized spacial score (nSPS) is 11.6. The molecule has 0 amide bonds. The first kappa shape index (κ1) is 31.5. The number of rotatable bonds is 5. The summed E-state index contributed by atoms with van der Waals surface area (Å²) in [6.45, 7) is 0. The Labute approximate surface area is 321 Å². The molecule has 11 aromatic rings. The highest BCUT2D eigenvalue weighted by atomic mass is 32.1. The van der Waals surface area contributed by atoms with E-state index in [9.17, 15) is 0 Å². The fourth-order valence-corrected chi connectivity index (χ4v) is 9.16. The Kier molecular flexibility index (Phi) is 7.35. The average Bonchev–Trinajstić information content (AvgIpc) is 3.64. The fraction of sp³-hybridized carbons (Fsp3) is 0. The van der Waals surface area contributed by atoms with Crippen LogP contribution in [0.2, 0.25) is 0 Å². The van der Waals surface area contributed by atoms with Gasteiger partial charge < -0.3 is 0 Å². The highest BCUT2D eigenvalue weighted by molar-refractivity contribution is 7.26. The van der Waals surface area contributed by atoms with E-state index in [0.29, 0.717) is 17.5 Å². The lowest BCUT2D eigenvalue weighted by molar-refractivity contribution is 1.08.